The highest BCUT2D eigenvalue weighted by Gasteiger charge is 2.20. The number of nitro benzene ring substituents is 1. The van der Waals surface area contributed by atoms with Crippen LogP contribution < -0.4 is 11.1 Å². The minimum absolute atomic E-state index is 0.107. The molecule has 1 aromatic carbocycles. The van der Waals surface area contributed by atoms with Crippen molar-refractivity contribution in [3.05, 3.63) is 33.4 Å². The van der Waals surface area contributed by atoms with E-state index in [-0.39, 0.29) is 17.3 Å². The molecule has 0 spiro atoms. The Balaban J connectivity index is 2.93. The summed E-state index contributed by atoms with van der Waals surface area (Å²) >= 11 is 0. The standard InChI is InChI=1S/C14H21N3O3/c1-4-5-6-11(15)14(18)16-12-7-9(2)10(3)8-13(12)17(19)20/h7-8,11H,4-6,15H2,1-3H3,(H,16,18). The Hall–Kier alpha value is -1.95. The van der Waals surface area contributed by atoms with Crippen LogP contribution in [0.4, 0.5) is 11.4 Å². The maximum Gasteiger partial charge on any atom is 0.293 e. The lowest BCUT2D eigenvalue weighted by Gasteiger charge is -2.13. The molecule has 1 amide bonds. The second kappa shape index (κ2) is 7.00. The summed E-state index contributed by atoms with van der Waals surface area (Å²) in [7, 11) is 0. The van der Waals surface area contributed by atoms with Gasteiger partial charge in [0.05, 0.1) is 11.0 Å². The number of benzene rings is 1. The van der Waals surface area contributed by atoms with Crippen LogP contribution in [0.25, 0.3) is 0 Å². The number of nitrogens with one attached hydrogen (secondary N) is 1. The lowest BCUT2D eigenvalue weighted by molar-refractivity contribution is -0.384. The number of carbonyl (C=O) groups is 1. The Morgan fingerprint density at radius 1 is 1.40 bits per heavy atom. The highest BCUT2D eigenvalue weighted by Crippen LogP contribution is 2.28. The molecule has 6 heteroatoms. The van der Waals surface area contributed by atoms with Crippen LogP contribution in [-0.4, -0.2) is 16.9 Å². The van der Waals surface area contributed by atoms with Crippen molar-refractivity contribution in [2.75, 3.05) is 5.32 Å². The Morgan fingerprint density at radius 2 is 2.00 bits per heavy atom. The molecule has 1 unspecified atom stereocenters. The largest absolute Gasteiger partial charge is 0.320 e. The summed E-state index contributed by atoms with van der Waals surface area (Å²) < 4.78 is 0. The summed E-state index contributed by atoms with van der Waals surface area (Å²) in [6.07, 6.45) is 2.37. The lowest BCUT2D eigenvalue weighted by atomic mass is 10.1. The first-order valence-electron chi connectivity index (χ1n) is 6.68. The van der Waals surface area contributed by atoms with E-state index in [9.17, 15) is 14.9 Å². The zero-order chi connectivity index (χ0) is 15.3. The highest BCUT2D eigenvalue weighted by atomic mass is 16.6. The van der Waals surface area contributed by atoms with Crippen molar-refractivity contribution in [1.82, 2.24) is 0 Å². The molecule has 20 heavy (non-hydrogen) atoms. The van der Waals surface area contributed by atoms with E-state index in [0.717, 1.165) is 24.0 Å². The predicted molar refractivity (Wildman–Crippen MR) is 78.7 cm³/mol. The van der Waals surface area contributed by atoms with E-state index in [1.54, 1.807) is 13.0 Å². The Bertz CT molecular complexity index is 515. The zero-order valence-corrected chi connectivity index (χ0v) is 12.1. The van der Waals surface area contributed by atoms with Crippen LogP contribution >= 0.6 is 0 Å². The average molecular weight is 279 g/mol. The molecule has 0 fully saturated rings. The van der Waals surface area contributed by atoms with Gasteiger partial charge in [-0.15, -0.1) is 0 Å². The molecular weight excluding hydrogens is 258 g/mol. The second-order valence-electron chi connectivity index (χ2n) is 4.95. The fourth-order valence-electron chi connectivity index (χ4n) is 1.83. The van der Waals surface area contributed by atoms with Gasteiger partial charge >= 0.3 is 0 Å². The van der Waals surface area contributed by atoms with Crippen LogP contribution in [0.15, 0.2) is 12.1 Å². The number of amides is 1. The molecule has 1 atom stereocenters. The number of nitro groups is 1. The van der Waals surface area contributed by atoms with Crippen molar-refractivity contribution in [1.29, 1.82) is 0 Å². The predicted octanol–water partition coefficient (Wildman–Crippen LogP) is 2.67. The number of nitrogens with two attached hydrogens (primary N) is 1. The van der Waals surface area contributed by atoms with Crippen molar-refractivity contribution in [2.45, 2.75) is 46.1 Å². The number of anilines is 1. The fourth-order valence-corrected chi connectivity index (χ4v) is 1.83. The third-order valence-electron chi connectivity index (χ3n) is 3.27. The van der Waals surface area contributed by atoms with Crippen LogP contribution in [-0.2, 0) is 4.79 Å². The number of carbonyl (C=O) groups excluding carboxylic acids is 1. The highest BCUT2D eigenvalue weighted by molar-refractivity contribution is 5.96. The molecule has 0 saturated heterocycles. The van der Waals surface area contributed by atoms with Crippen LogP contribution in [0.5, 0.6) is 0 Å². The van der Waals surface area contributed by atoms with Crippen LogP contribution in [0.2, 0.25) is 0 Å². The summed E-state index contributed by atoms with van der Waals surface area (Å²) in [5.41, 5.74) is 7.55. The number of hydrogen-bond acceptors (Lipinski definition) is 4. The molecule has 0 aliphatic heterocycles. The van der Waals surface area contributed by atoms with Gasteiger partial charge in [0.15, 0.2) is 0 Å². The zero-order valence-electron chi connectivity index (χ0n) is 12.1. The summed E-state index contributed by atoms with van der Waals surface area (Å²) in [4.78, 5) is 22.5. The molecule has 0 bridgehead atoms. The van der Waals surface area contributed by atoms with Crippen molar-refractivity contribution in [2.24, 2.45) is 5.73 Å². The molecule has 0 aliphatic carbocycles. The molecule has 3 N–H and O–H groups in total. The molecule has 0 radical (unpaired) electrons. The van der Waals surface area contributed by atoms with Crippen LogP contribution in [0.1, 0.15) is 37.3 Å². The van der Waals surface area contributed by atoms with Gasteiger partial charge in [-0.25, -0.2) is 0 Å². The minimum atomic E-state index is -0.642. The van der Waals surface area contributed by atoms with Gasteiger partial charge in [0.1, 0.15) is 5.69 Å². The minimum Gasteiger partial charge on any atom is -0.320 e. The van der Waals surface area contributed by atoms with Crippen LogP contribution in [0, 0.1) is 24.0 Å². The normalized spacial score (nSPS) is 12.0. The monoisotopic (exact) mass is 279 g/mol. The quantitative estimate of drug-likeness (QED) is 0.617. The van der Waals surface area contributed by atoms with E-state index in [4.69, 9.17) is 5.73 Å². The third kappa shape index (κ3) is 4.03. The topological polar surface area (TPSA) is 98.3 Å². The smallest absolute Gasteiger partial charge is 0.293 e. The number of rotatable bonds is 6. The number of nitrogens with zero attached hydrogens (tertiary/aromatic N) is 1. The number of unbranched alkanes of at least 4 members (excludes halogenated alkanes) is 1. The van der Waals surface area contributed by atoms with Gasteiger partial charge < -0.3 is 11.1 Å². The van der Waals surface area contributed by atoms with Gasteiger partial charge in [0, 0.05) is 6.07 Å². The molecule has 1 aromatic rings. The van der Waals surface area contributed by atoms with E-state index in [0.29, 0.717) is 6.42 Å². The maximum absolute atomic E-state index is 11.9. The first-order chi connectivity index (χ1) is 9.36. The molecule has 0 heterocycles. The van der Waals surface area contributed by atoms with E-state index in [1.807, 2.05) is 13.8 Å². The Labute approximate surface area is 118 Å². The van der Waals surface area contributed by atoms with E-state index < -0.39 is 11.0 Å². The summed E-state index contributed by atoms with van der Waals surface area (Å²) in [6, 6.07) is 2.43. The Kier molecular flexibility index (Phi) is 5.64. The van der Waals surface area contributed by atoms with E-state index in [1.165, 1.54) is 6.07 Å². The third-order valence-corrected chi connectivity index (χ3v) is 3.27. The summed E-state index contributed by atoms with van der Waals surface area (Å²) in [5.74, 6) is -0.384. The maximum atomic E-state index is 11.9. The van der Waals surface area contributed by atoms with Crippen molar-refractivity contribution >= 4 is 17.3 Å². The summed E-state index contributed by atoms with van der Waals surface area (Å²) in [6.45, 7) is 5.64. The molecule has 0 aromatic heterocycles. The van der Waals surface area contributed by atoms with Crippen molar-refractivity contribution < 1.29 is 9.72 Å². The molecular formula is C14H21N3O3. The van der Waals surface area contributed by atoms with E-state index in [2.05, 4.69) is 5.32 Å². The first-order valence-corrected chi connectivity index (χ1v) is 6.68. The fraction of sp³-hybridized carbons (Fsp3) is 0.500. The van der Waals surface area contributed by atoms with Gasteiger partial charge in [-0.1, -0.05) is 19.8 Å². The van der Waals surface area contributed by atoms with Crippen molar-refractivity contribution in [3.63, 3.8) is 0 Å². The average Bonchev–Trinajstić information content (AvgIpc) is 2.39. The van der Waals surface area contributed by atoms with Gasteiger partial charge in [-0.3, -0.25) is 14.9 Å². The van der Waals surface area contributed by atoms with Gasteiger partial charge in [0.25, 0.3) is 5.69 Å². The van der Waals surface area contributed by atoms with E-state index >= 15 is 0 Å². The SMILES string of the molecule is CCCCC(N)C(=O)Nc1cc(C)c(C)cc1[N+](=O)[O-]. The second-order valence-corrected chi connectivity index (χ2v) is 4.95. The molecule has 6 nitrogen and oxygen atoms in total. The van der Waals surface area contributed by atoms with Gasteiger partial charge in [-0.2, -0.15) is 0 Å². The first kappa shape index (κ1) is 16.1. The Morgan fingerprint density at radius 3 is 2.55 bits per heavy atom. The molecule has 0 saturated carbocycles. The van der Waals surface area contributed by atoms with Gasteiger partial charge in [0.2, 0.25) is 5.91 Å². The molecule has 1 rings (SSSR count). The lowest BCUT2D eigenvalue weighted by Crippen LogP contribution is -2.35. The van der Waals surface area contributed by atoms with Crippen molar-refractivity contribution in [3.8, 4) is 0 Å². The summed E-state index contributed by atoms with van der Waals surface area (Å²) in [5, 5.41) is 13.6. The number of hydrogen-bond donors (Lipinski definition) is 2. The number of aryl methyl sites for hydroxylation is 2. The van der Waals surface area contributed by atoms with Crippen LogP contribution in [0.3, 0.4) is 0 Å². The molecule has 0 aliphatic rings. The molecule has 110 valence electrons. The van der Waals surface area contributed by atoms with Gasteiger partial charge in [-0.05, 0) is 37.5 Å².